The van der Waals surface area contributed by atoms with Crippen molar-refractivity contribution in [1.82, 2.24) is 4.98 Å². The molecule has 0 saturated heterocycles. The van der Waals surface area contributed by atoms with E-state index < -0.39 is 4.92 Å². The summed E-state index contributed by atoms with van der Waals surface area (Å²) >= 11 is 15.1. The lowest BCUT2D eigenvalue weighted by Crippen LogP contribution is -1.99. The Labute approximate surface area is 132 Å². The first kappa shape index (κ1) is 15.0. The number of benzene rings is 1. The van der Waals surface area contributed by atoms with Crippen LogP contribution in [0.4, 0.5) is 5.69 Å². The largest absolute Gasteiger partial charge is 0.484 e. The topological polar surface area (TPSA) is 65.3 Å². The van der Waals surface area contributed by atoms with Crippen molar-refractivity contribution in [2.24, 2.45) is 0 Å². The lowest BCUT2D eigenvalue weighted by molar-refractivity contribution is -0.384. The van der Waals surface area contributed by atoms with Crippen molar-refractivity contribution in [3.63, 3.8) is 0 Å². The Balaban J connectivity index is 2.17. The Morgan fingerprint density at radius 3 is 2.45 bits per heavy atom. The molecule has 1 aromatic carbocycles. The highest BCUT2D eigenvalue weighted by Gasteiger charge is 2.15. The van der Waals surface area contributed by atoms with E-state index >= 15 is 0 Å². The van der Waals surface area contributed by atoms with Gasteiger partial charge < -0.3 is 4.74 Å². The van der Waals surface area contributed by atoms with Crippen molar-refractivity contribution in [1.29, 1.82) is 0 Å². The molecule has 0 saturated carbocycles. The second-order valence-electron chi connectivity index (χ2n) is 3.75. The molecule has 0 spiro atoms. The van der Waals surface area contributed by atoms with Crippen molar-refractivity contribution in [3.8, 4) is 5.75 Å². The molecule has 1 aromatic heterocycles. The molecule has 0 aliphatic carbocycles. The van der Waals surface area contributed by atoms with Crippen LogP contribution in [-0.4, -0.2) is 9.91 Å². The number of ether oxygens (including phenoxy) is 1. The van der Waals surface area contributed by atoms with Crippen LogP contribution in [0.2, 0.25) is 10.0 Å². The number of aromatic nitrogens is 1. The van der Waals surface area contributed by atoms with Crippen molar-refractivity contribution >= 4 is 44.8 Å². The zero-order chi connectivity index (χ0) is 14.7. The summed E-state index contributed by atoms with van der Waals surface area (Å²) in [4.78, 5) is 14.2. The van der Waals surface area contributed by atoms with Crippen LogP contribution in [0, 0.1) is 10.1 Å². The molecule has 1 heterocycles. The van der Waals surface area contributed by atoms with E-state index in [1.54, 1.807) is 12.3 Å². The minimum Gasteiger partial charge on any atom is -0.484 e. The van der Waals surface area contributed by atoms with Crippen LogP contribution in [0.1, 0.15) is 5.69 Å². The van der Waals surface area contributed by atoms with Gasteiger partial charge in [0.2, 0.25) is 0 Å². The first-order valence-electron chi connectivity index (χ1n) is 5.34. The lowest BCUT2D eigenvalue weighted by Gasteiger charge is -2.09. The lowest BCUT2D eigenvalue weighted by atomic mass is 10.3. The summed E-state index contributed by atoms with van der Waals surface area (Å²) in [6.07, 6.45) is 1.64. The molecule has 0 amide bonds. The van der Waals surface area contributed by atoms with E-state index in [1.807, 2.05) is 6.07 Å². The van der Waals surface area contributed by atoms with Gasteiger partial charge in [-0.2, -0.15) is 0 Å². The standard InChI is InChI=1S/C12H7BrCl2N2O3/c13-7-1-2-8(16-5-7)6-20-12-10(14)3-9(17(18)19)4-11(12)15/h1-5H,6H2. The van der Waals surface area contributed by atoms with Crippen LogP contribution >= 0.6 is 39.1 Å². The highest BCUT2D eigenvalue weighted by atomic mass is 79.9. The molecule has 0 N–H and O–H groups in total. The smallest absolute Gasteiger partial charge is 0.272 e. The fraction of sp³-hybridized carbons (Fsp3) is 0.0833. The average Bonchev–Trinajstić information content (AvgIpc) is 2.39. The summed E-state index contributed by atoms with van der Waals surface area (Å²) in [5.41, 5.74) is 0.493. The van der Waals surface area contributed by atoms with E-state index in [4.69, 9.17) is 27.9 Å². The van der Waals surface area contributed by atoms with Gasteiger partial charge in [0.15, 0.2) is 5.75 Å². The number of halogens is 3. The third-order valence-electron chi connectivity index (χ3n) is 2.35. The number of nitrogens with zero attached hydrogens (tertiary/aromatic N) is 2. The Kier molecular flexibility index (Phi) is 4.80. The molecule has 5 nitrogen and oxygen atoms in total. The normalized spacial score (nSPS) is 10.3. The number of pyridine rings is 1. The highest BCUT2D eigenvalue weighted by Crippen LogP contribution is 2.37. The summed E-state index contributed by atoms with van der Waals surface area (Å²) in [5, 5.41) is 10.8. The molecule has 0 atom stereocenters. The van der Waals surface area contributed by atoms with E-state index in [2.05, 4.69) is 20.9 Å². The molecular weight excluding hydrogens is 371 g/mol. The molecule has 2 aromatic rings. The number of nitro groups is 1. The van der Waals surface area contributed by atoms with Crippen LogP contribution in [-0.2, 0) is 6.61 Å². The molecule has 0 aliphatic rings. The first-order valence-corrected chi connectivity index (χ1v) is 6.89. The molecule has 104 valence electrons. The average molecular weight is 378 g/mol. The van der Waals surface area contributed by atoms with Crippen LogP contribution < -0.4 is 4.74 Å². The van der Waals surface area contributed by atoms with Crippen LogP contribution in [0.25, 0.3) is 0 Å². The minimum atomic E-state index is -0.572. The number of hydrogen-bond acceptors (Lipinski definition) is 4. The van der Waals surface area contributed by atoms with Gasteiger partial charge in [-0.05, 0) is 28.1 Å². The summed E-state index contributed by atoms with van der Waals surface area (Å²) in [5.74, 6) is 0.198. The van der Waals surface area contributed by atoms with Crippen molar-refractivity contribution in [2.75, 3.05) is 0 Å². The summed E-state index contributed by atoms with van der Waals surface area (Å²) in [6.45, 7) is 0.157. The Bertz CT molecular complexity index is 627. The van der Waals surface area contributed by atoms with Gasteiger partial charge in [-0.3, -0.25) is 15.1 Å². The van der Waals surface area contributed by atoms with E-state index in [0.29, 0.717) is 5.69 Å². The maximum Gasteiger partial charge on any atom is 0.272 e. The monoisotopic (exact) mass is 376 g/mol. The zero-order valence-electron chi connectivity index (χ0n) is 9.85. The van der Waals surface area contributed by atoms with Crippen molar-refractivity contribution < 1.29 is 9.66 Å². The quantitative estimate of drug-likeness (QED) is 0.575. The van der Waals surface area contributed by atoms with E-state index in [-0.39, 0.29) is 28.1 Å². The van der Waals surface area contributed by atoms with Gasteiger partial charge in [-0.1, -0.05) is 23.2 Å². The van der Waals surface area contributed by atoms with Crippen LogP contribution in [0.5, 0.6) is 5.75 Å². The highest BCUT2D eigenvalue weighted by molar-refractivity contribution is 9.10. The van der Waals surface area contributed by atoms with Gasteiger partial charge in [0.05, 0.1) is 20.7 Å². The number of non-ortho nitro benzene ring substituents is 1. The van der Waals surface area contributed by atoms with Gasteiger partial charge in [0, 0.05) is 22.8 Å². The summed E-state index contributed by atoms with van der Waals surface area (Å²) < 4.78 is 6.32. The van der Waals surface area contributed by atoms with Gasteiger partial charge in [-0.25, -0.2) is 0 Å². The maximum atomic E-state index is 10.7. The predicted octanol–water partition coefficient (Wildman–Crippen LogP) is 4.64. The Hall–Kier alpha value is -1.37. The maximum absolute atomic E-state index is 10.7. The van der Waals surface area contributed by atoms with E-state index in [9.17, 15) is 10.1 Å². The molecule has 0 aliphatic heterocycles. The fourth-order valence-corrected chi connectivity index (χ4v) is 2.25. The molecule has 8 heteroatoms. The zero-order valence-corrected chi connectivity index (χ0v) is 12.9. The third kappa shape index (κ3) is 3.59. The molecule has 2 rings (SSSR count). The van der Waals surface area contributed by atoms with Crippen molar-refractivity contribution in [3.05, 3.63) is 60.8 Å². The van der Waals surface area contributed by atoms with E-state index in [0.717, 1.165) is 4.47 Å². The third-order valence-corrected chi connectivity index (χ3v) is 3.38. The second kappa shape index (κ2) is 6.39. The van der Waals surface area contributed by atoms with Crippen LogP contribution in [0.3, 0.4) is 0 Å². The minimum absolute atomic E-state index is 0.0845. The number of nitro benzene ring substituents is 1. The second-order valence-corrected chi connectivity index (χ2v) is 5.48. The molecule has 0 radical (unpaired) electrons. The summed E-state index contributed by atoms with van der Waals surface area (Å²) in [7, 11) is 0. The van der Waals surface area contributed by atoms with Gasteiger partial charge in [-0.15, -0.1) is 0 Å². The Morgan fingerprint density at radius 1 is 1.30 bits per heavy atom. The predicted molar refractivity (Wildman–Crippen MR) is 79.4 cm³/mol. The van der Waals surface area contributed by atoms with Gasteiger partial charge in [0.25, 0.3) is 5.69 Å². The fourth-order valence-electron chi connectivity index (χ4n) is 1.43. The van der Waals surface area contributed by atoms with Crippen molar-refractivity contribution in [2.45, 2.75) is 6.61 Å². The van der Waals surface area contributed by atoms with E-state index in [1.165, 1.54) is 12.1 Å². The Morgan fingerprint density at radius 2 is 1.95 bits per heavy atom. The molecular formula is C12H7BrCl2N2O3. The molecule has 0 unspecified atom stereocenters. The van der Waals surface area contributed by atoms with Gasteiger partial charge >= 0.3 is 0 Å². The molecule has 20 heavy (non-hydrogen) atoms. The SMILES string of the molecule is O=[N+]([O-])c1cc(Cl)c(OCc2ccc(Br)cn2)c(Cl)c1. The number of rotatable bonds is 4. The molecule has 0 fully saturated rings. The summed E-state index contributed by atoms with van der Waals surface area (Å²) in [6, 6.07) is 5.98. The number of hydrogen-bond donors (Lipinski definition) is 0. The molecule has 0 bridgehead atoms. The first-order chi connectivity index (χ1) is 9.47. The van der Waals surface area contributed by atoms with Gasteiger partial charge in [0.1, 0.15) is 6.61 Å². The van der Waals surface area contributed by atoms with Crippen LogP contribution in [0.15, 0.2) is 34.9 Å².